The lowest BCUT2D eigenvalue weighted by Gasteiger charge is -2.18. The van der Waals surface area contributed by atoms with E-state index in [0.717, 1.165) is 64.9 Å². The minimum absolute atomic E-state index is 0.797. The lowest BCUT2D eigenvalue weighted by molar-refractivity contribution is 0.316. The number of thiophene rings is 1. The van der Waals surface area contributed by atoms with Crippen LogP contribution in [0.2, 0.25) is 0 Å². The number of methoxy groups -OCH3 is 1. The number of aromatic nitrogens is 2. The van der Waals surface area contributed by atoms with Crippen LogP contribution in [-0.2, 0) is 0 Å². The van der Waals surface area contributed by atoms with Crippen molar-refractivity contribution in [3.8, 4) is 16.9 Å². The van der Waals surface area contributed by atoms with Crippen molar-refractivity contribution < 1.29 is 4.74 Å². The second-order valence-electron chi connectivity index (χ2n) is 6.13. The molecule has 26 heavy (non-hydrogen) atoms. The number of fused-ring (bicyclic) bond motifs is 1. The molecule has 2 aromatic heterocycles. The normalized spacial score (nSPS) is 11.3. The molecule has 0 saturated carbocycles. The van der Waals surface area contributed by atoms with Gasteiger partial charge in [0.15, 0.2) is 0 Å². The van der Waals surface area contributed by atoms with Gasteiger partial charge in [0.1, 0.15) is 22.2 Å². The van der Waals surface area contributed by atoms with E-state index < -0.39 is 0 Å². The Morgan fingerprint density at radius 3 is 2.50 bits per heavy atom. The summed E-state index contributed by atoms with van der Waals surface area (Å²) in [5.74, 6) is 2.58. The molecule has 0 spiro atoms. The third-order valence-electron chi connectivity index (χ3n) is 4.56. The summed E-state index contributed by atoms with van der Waals surface area (Å²) in [4.78, 5) is 12.7. The summed E-state index contributed by atoms with van der Waals surface area (Å²) in [5.41, 5.74) is 2.31. The van der Waals surface area contributed by atoms with Gasteiger partial charge in [-0.3, -0.25) is 0 Å². The van der Waals surface area contributed by atoms with Crippen molar-refractivity contribution in [3.05, 3.63) is 35.5 Å². The first-order chi connectivity index (χ1) is 12.7. The highest BCUT2D eigenvalue weighted by Gasteiger charge is 2.14. The molecule has 0 amide bonds. The Labute approximate surface area is 159 Å². The minimum Gasteiger partial charge on any atom is -0.497 e. The van der Waals surface area contributed by atoms with Crippen LogP contribution in [0.15, 0.2) is 29.6 Å². The highest BCUT2D eigenvalue weighted by molar-refractivity contribution is 7.17. The third kappa shape index (κ3) is 3.97. The van der Waals surface area contributed by atoms with Crippen molar-refractivity contribution in [1.29, 1.82) is 0 Å². The maximum absolute atomic E-state index is 5.27. The predicted molar refractivity (Wildman–Crippen MR) is 110 cm³/mol. The van der Waals surface area contributed by atoms with E-state index in [4.69, 9.17) is 4.74 Å². The number of rotatable bonds is 8. The Balaban J connectivity index is 1.93. The zero-order chi connectivity index (χ0) is 18.5. The van der Waals surface area contributed by atoms with Crippen LogP contribution in [-0.4, -0.2) is 48.2 Å². The number of benzene rings is 1. The quantitative estimate of drug-likeness (QED) is 0.636. The third-order valence-corrected chi connectivity index (χ3v) is 5.43. The van der Waals surface area contributed by atoms with Gasteiger partial charge in [0.2, 0.25) is 0 Å². The van der Waals surface area contributed by atoms with E-state index in [2.05, 4.69) is 51.5 Å². The molecular formula is C20H26N4OS. The fraction of sp³-hybridized carbons (Fsp3) is 0.400. The molecular weight excluding hydrogens is 344 g/mol. The summed E-state index contributed by atoms with van der Waals surface area (Å²) in [6, 6.07) is 8.14. The Morgan fingerprint density at radius 1 is 1.12 bits per heavy atom. The van der Waals surface area contributed by atoms with Gasteiger partial charge in [-0.2, -0.15) is 0 Å². The monoisotopic (exact) mass is 370 g/mol. The van der Waals surface area contributed by atoms with Gasteiger partial charge in [-0.05, 0) is 37.7 Å². The van der Waals surface area contributed by atoms with E-state index in [-0.39, 0.29) is 0 Å². The molecule has 0 aliphatic heterocycles. The number of ether oxygens (including phenoxy) is 1. The van der Waals surface area contributed by atoms with Gasteiger partial charge >= 0.3 is 0 Å². The van der Waals surface area contributed by atoms with Crippen molar-refractivity contribution >= 4 is 27.4 Å². The summed E-state index contributed by atoms with van der Waals surface area (Å²) in [7, 11) is 1.68. The number of anilines is 1. The van der Waals surface area contributed by atoms with Crippen LogP contribution < -0.4 is 10.1 Å². The maximum Gasteiger partial charge on any atom is 0.139 e. The summed E-state index contributed by atoms with van der Waals surface area (Å²) in [6.45, 7) is 10.3. The van der Waals surface area contributed by atoms with Crippen LogP contribution in [0, 0.1) is 6.92 Å². The van der Waals surface area contributed by atoms with Crippen LogP contribution in [0.25, 0.3) is 21.3 Å². The number of hydrogen-bond acceptors (Lipinski definition) is 6. The van der Waals surface area contributed by atoms with Crippen LogP contribution in [0.5, 0.6) is 5.75 Å². The molecule has 0 fully saturated rings. The first kappa shape index (κ1) is 18.6. The number of nitrogens with one attached hydrogen (secondary N) is 1. The van der Waals surface area contributed by atoms with Gasteiger partial charge < -0.3 is 15.0 Å². The molecule has 1 N–H and O–H groups in total. The molecule has 6 heteroatoms. The molecule has 0 bridgehead atoms. The number of aryl methyl sites for hydroxylation is 1. The van der Waals surface area contributed by atoms with E-state index >= 15 is 0 Å². The van der Waals surface area contributed by atoms with Gasteiger partial charge in [0.05, 0.1) is 12.5 Å². The Hall–Kier alpha value is -2.18. The topological polar surface area (TPSA) is 50.3 Å². The van der Waals surface area contributed by atoms with Crippen LogP contribution in [0.1, 0.15) is 19.7 Å². The lowest BCUT2D eigenvalue weighted by Crippen LogP contribution is -2.28. The van der Waals surface area contributed by atoms with Gasteiger partial charge in [-0.25, -0.2) is 9.97 Å². The zero-order valence-corrected chi connectivity index (χ0v) is 16.7. The lowest BCUT2D eigenvalue weighted by atomic mass is 10.1. The van der Waals surface area contributed by atoms with Crippen molar-refractivity contribution in [2.24, 2.45) is 0 Å². The number of nitrogens with zero attached hydrogens (tertiary/aromatic N) is 3. The first-order valence-corrected chi connectivity index (χ1v) is 9.90. The van der Waals surface area contributed by atoms with E-state index in [1.54, 1.807) is 18.4 Å². The Morgan fingerprint density at radius 2 is 1.85 bits per heavy atom. The molecule has 0 unspecified atom stereocenters. The molecule has 0 aliphatic rings. The molecule has 0 atom stereocenters. The number of hydrogen-bond donors (Lipinski definition) is 1. The average Bonchev–Trinajstić information content (AvgIpc) is 3.09. The molecule has 3 rings (SSSR count). The van der Waals surface area contributed by atoms with E-state index in [1.165, 1.54) is 0 Å². The van der Waals surface area contributed by atoms with E-state index in [0.29, 0.717) is 0 Å². The molecule has 3 aromatic rings. The zero-order valence-electron chi connectivity index (χ0n) is 15.9. The predicted octanol–water partition coefficient (Wildman–Crippen LogP) is 4.43. The Bertz CT molecular complexity index is 856. The fourth-order valence-corrected chi connectivity index (χ4v) is 4.02. The highest BCUT2D eigenvalue weighted by atomic mass is 32.1. The van der Waals surface area contributed by atoms with Gasteiger partial charge in [0.25, 0.3) is 0 Å². The molecule has 5 nitrogen and oxygen atoms in total. The summed E-state index contributed by atoms with van der Waals surface area (Å²) in [5, 5.41) is 6.80. The highest BCUT2D eigenvalue weighted by Crippen LogP contribution is 2.37. The second kappa shape index (κ2) is 8.47. The van der Waals surface area contributed by atoms with Gasteiger partial charge in [-0.1, -0.05) is 26.0 Å². The fourth-order valence-electron chi connectivity index (χ4n) is 3.03. The van der Waals surface area contributed by atoms with Gasteiger partial charge in [0, 0.05) is 24.0 Å². The standard InChI is InChI=1S/C20H26N4OS/c1-5-24(6-2)12-11-21-19-18-17(13-26-20(18)23-14(3)22-19)15-7-9-16(25-4)10-8-15/h7-10,13H,5-6,11-12H2,1-4H3,(H,21,22,23). The van der Waals surface area contributed by atoms with Crippen LogP contribution in [0.4, 0.5) is 5.82 Å². The maximum atomic E-state index is 5.27. The largest absolute Gasteiger partial charge is 0.497 e. The Kier molecular flexibility index (Phi) is 6.06. The molecule has 138 valence electrons. The second-order valence-corrected chi connectivity index (χ2v) is 6.99. The smallest absolute Gasteiger partial charge is 0.139 e. The molecule has 2 heterocycles. The van der Waals surface area contributed by atoms with Crippen molar-refractivity contribution in [2.75, 3.05) is 38.6 Å². The minimum atomic E-state index is 0.797. The molecule has 0 saturated heterocycles. The van der Waals surface area contributed by atoms with Crippen molar-refractivity contribution in [3.63, 3.8) is 0 Å². The molecule has 1 aromatic carbocycles. The van der Waals surface area contributed by atoms with Gasteiger partial charge in [-0.15, -0.1) is 11.3 Å². The summed E-state index contributed by atoms with van der Waals surface area (Å²) in [6.07, 6.45) is 0. The van der Waals surface area contributed by atoms with Crippen molar-refractivity contribution in [2.45, 2.75) is 20.8 Å². The number of likely N-dealkylation sites (N-methyl/N-ethyl adjacent to an activating group) is 1. The van der Waals surface area contributed by atoms with E-state index in [9.17, 15) is 0 Å². The first-order valence-electron chi connectivity index (χ1n) is 9.02. The average molecular weight is 371 g/mol. The van der Waals surface area contributed by atoms with E-state index in [1.807, 2.05) is 19.1 Å². The summed E-state index contributed by atoms with van der Waals surface area (Å²) < 4.78 is 5.27. The van der Waals surface area contributed by atoms with Crippen LogP contribution in [0.3, 0.4) is 0 Å². The molecule has 0 aliphatic carbocycles. The SMILES string of the molecule is CCN(CC)CCNc1nc(C)nc2scc(-c3ccc(OC)cc3)c12. The molecule has 0 radical (unpaired) electrons. The van der Waals surface area contributed by atoms with Crippen molar-refractivity contribution in [1.82, 2.24) is 14.9 Å². The summed E-state index contributed by atoms with van der Waals surface area (Å²) >= 11 is 1.66. The van der Waals surface area contributed by atoms with Crippen LogP contribution >= 0.6 is 11.3 Å².